The maximum atomic E-state index is 5.88. The molecule has 0 spiro atoms. The Morgan fingerprint density at radius 1 is 1.21 bits per heavy atom. The molecule has 0 aromatic carbocycles. The van der Waals surface area contributed by atoms with Gasteiger partial charge in [0.2, 0.25) is 0 Å². The molecule has 0 amide bonds. The fourth-order valence-corrected chi connectivity index (χ4v) is 3.72. The Bertz CT molecular complexity index is 308. The monoisotopic (exact) mass is 265 g/mol. The predicted molar refractivity (Wildman–Crippen MR) is 81.0 cm³/mol. The highest BCUT2D eigenvalue weighted by Gasteiger charge is 2.34. The zero-order valence-electron chi connectivity index (χ0n) is 13.2. The molecule has 2 heteroatoms. The minimum absolute atomic E-state index is 0.446. The number of hydrogen-bond acceptors (Lipinski definition) is 2. The van der Waals surface area contributed by atoms with Gasteiger partial charge in [-0.3, -0.25) is 0 Å². The Morgan fingerprint density at radius 3 is 2.37 bits per heavy atom. The van der Waals surface area contributed by atoms with Gasteiger partial charge < -0.3 is 10.1 Å². The molecule has 0 saturated heterocycles. The molecule has 1 unspecified atom stereocenters. The van der Waals surface area contributed by atoms with E-state index in [4.69, 9.17) is 4.74 Å². The van der Waals surface area contributed by atoms with Crippen molar-refractivity contribution >= 4 is 0 Å². The summed E-state index contributed by atoms with van der Waals surface area (Å²) in [7, 11) is 2.08. The van der Waals surface area contributed by atoms with Crippen molar-refractivity contribution in [2.24, 2.45) is 17.3 Å². The molecule has 1 heterocycles. The largest absolute Gasteiger partial charge is 0.497 e. The Morgan fingerprint density at radius 2 is 1.89 bits per heavy atom. The molecule has 1 saturated carbocycles. The maximum Gasteiger partial charge on any atom is 0.109 e. The summed E-state index contributed by atoms with van der Waals surface area (Å²) in [6.45, 7) is 8.07. The summed E-state index contributed by atoms with van der Waals surface area (Å²) in [5.74, 6) is 2.86. The van der Waals surface area contributed by atoms with E-state index >= 15 is 0 Å². The van der Waals surface area contributed by atoms with Gasteiger partial charge in [0.1, 0.15) is 5.76 Å². The van der Waals surface area contributed by atoms with E-state index in [0.717, 1.165) is 18.4 Å². The van der Waals surface area contributed by atoms with Crippen LogP contribution < -0.4 is 5.32 Å². The van der Waals surface area contributed by atoms with Crippen LogP contribution in [0.15, 0.2) is 11.8 Å². The normalized spacial score (nSPS) is 30.4. The summed E-state index contributed by atoms with van der Waals surface area (Å²) in [6.07, 6.45) is 10.1. The van der Waals surface area contributed by atoms with Crippen molar-refractivity contribution in [1.82, 2.24) is 5.32 Å². The van der Waals surface area contributed by atoms with Crippen LogP contribution in [0.25, 0.3) is 0 Å². The highest BCUT2D eigenvalue weighted by Crippen LogP contribution is 2.41. The molecule has 1 fully saturated rings. The first kappa shape index (κ1) is 14.9. The van der Waals surface area contributed by atoms with Crippen molar-refractivity contribution in [3.05, 3.63) is 11.8 Å². The molecule has 2 rings (SSSR count). The Hall–Kier alpha value is -0.500. The van der Waals surface area contributed by atoms with Crippen molar-refractivity contribution in [2.45, 2.75) is 65.3 Å². The van der Waals surface area contributed by atoms with Gasteiger partial charge in [0.15, 0.2) is 0 Å². The van der Waals surface area contributed by atoms with Gasteiger partial charge in [-0.15, -0.1) is 0 Å². The van der Waals surface area contributed by atoms with Crippen molar-refractivity contribution < 1.29 is 4.74 Å². The summed E-state index contributed by atoms with van der Waals surface area (Å²) in [4.78, 5) is 0. The number of hydrogen-bond donors (Lipinski definition) is 1. The molecule has 1 atom stereocenters. The van der Waals surface area contributed by atoms with Gasteiger partial charge in [-0.1, -0.05) is 20.8 Å². The van der Waals surface area contributed by atoms with Gasteiger partial charge >= 0.3 is 0 Å². The number of allylic oxidation sites excluding steroid dienone is 1. The van der Waals surface area contributed by atoms with Gasteiger partial charge in [-0.05, 0) is 68.9 Å². The Balaban J connectivity index is 1.93. The maximum absolute atomic E-state index is 5.88. The quantitative estimate of drug-likeness (QED) is 0.828. The van der Waals surface area contributed by atoms with Crippen LogP contribution in [0, 0.1) is 17.3 Å². The van der Waals surface area contributed by atoms with E-state index in [9.17, 15) is 0 Å². The van der Waals surface area contributed by atoms with Crippen molar-refractivity contribution in [1.29, 1.82) is 0 Å². The lowest BCUT2D eigenvalue weighted by atomic mass is 9.68. The molecule has 1 N–H and O–H groups in total. The average Bonchev–Trinajstić information content (AvgIpc) is 2.40. The van der Waals surface area contributed by atoms with Crippen LogP contribution in [-0.2, 0) is 4.74 Å². The van der Waals surface area contributed by atoms with E-state index in [-0.39, 0.29) is 0 Å². The third-order valence-electron chi connectivity index (χ3n) is 5.05. The van der Waals surface area contributed by atoms with Crippen LogP contribution in [0.1, 0.15) is 59.3 Å². The lowest BCUT2D eigenvalue weighted by Crippen LogP contribution is -2.40. The lowest BCUT2D eigenvalue weighted by Gasteiger charge is -2.40. The van der Waals surface area contributed by atoms with E-state index in [1.54, 1.807) is 0 Å². The fourth-order valence-electron chi connectivity index (χ4n) is 3.72. The molecule has 1 aliphatic carbocycles. The van der Waals surface area contributed by atoms with E-state index in [0.29, 0.717) is 11.5 Å². The minimum Gasteiger partial charge on any atom is -0.497 e. The molecule has 0 radical (unpaired) electrons. The van der Waals surface area contributed by atoms with Crippen LogP contribution in [0.3, 0.4) is 0 Å². The van der Waals surface area contributed by atoms with E-state index in [1.807, 2.05) is 0 Å². The highest BCUT2D eigenvalue weighted by molar-refractivity contribution is 5.08. The van der Waals surface area contributed by atoms with Crippen LogP contribution >= 0.6 is 0 Å². The molecule has 110 valence electrons. The Labute approximate surface area is 119 Å². The molecule has 1 aliphatic heterocycles. The van der Waals surface area contributed by atoms with E-state index in [1.165, 1.54) is 44.3 Å². The molecule has 2 nitrogen and oxygen atoms in total. The molecule has 0 bridgehead atoms. The molecule has 0 aromatic heterocycles. The lowest BCUT2D eigenvalue weighted by molar-refractivity contribution is 0.108. The first-order chi connectivity index (χ1) is 9.02. The zero-order chi connectivity index (χ0) is 13.9. The predicted octanol–water partition coefficient (Wildman–Crippen LogP) is 4.12. The summed E-state index contributed by atoms with van der Waals surface area (Å²) in [5.41, 5.74) is 0.473. The molecular weight excluding hydrogens is 234 g/mol. The van der Waals surface area contributed by atoms with Gasteiger partial charge in [0, 0.05) is 0 Å². The average molecular weight is 265 g/mol. The second-order valence-corrected chi connectivity index (χ2v) is 7.34. The van der Waals surface area contributed by atoms with Crippen LogP contribution in [0.2, 0.25) is 0 Å². The summed E-state index contributed by atoms with van der Waals surface area (Å²) >= 11 is 0. The van der Waals surface area contributed by atoms with E-state index in [2.05, 4.69) is 39.2 Å². The molecule has 2 aliphatic rings. The number of likely N-dealkylation sites (N-methyl/N-ethyl adjacent to an activating group) is 1. The zero-order valence-corrected chi connectivity index (χ0v) is 13.2. The van der Waals surface area contributed by atoms with E-state index < -0.39 is 0 Å². The molecule has 19 heavy (non-hydrogen) atoms. The number of ether oxygens (including phenoxy) is 1. The summed E-state index contributed by atoms with van der Waals surface area (Å²) in [5, 5.41) is 3.50. The van der Waals surface area contributed by atoms with Gasteiger partial charge in [-0.25, -0.2) is 0 Å². The summed E-state index contributed by atoms with van der Waals surface area (Å²) in [6, 6.07) is 0.446. The number of rotatable bonds is 3. The van der Waals surface area contributed by atoms with Crippen LogP contribution in [-0.4, -0.2) is 19.7 Å². The highest BCUT2D eigenvalue weighted by atomic mass is 16.5. The molecule has 0 aromatic rings. The van der Waals surface area contributed by atoms with Crippen LogP contribution in [0.5, 0.6) is 0 Å². The summed E-state index contributed by atoms with van der Waals surface area (Å²) < 4.78 is 5.88. The minimum atomic E-state index is 0.446. The second-order valence-electron chi connectivity index (χ2n) is 7.34. The molecular formula is C17H31NO. The van der Waals surface area contributed by atoms with Gasteiger partial charge in [0.25, 0.3) is 0 Å². The third kappa shape index (κ3) is 3.75. The fraction of sp³-hybridized carbons (Fsp3) is 0.882. The van der Waals surface area contributed by atoms with Crippen molar-refractivity contribution in [3.63, 3.8) is 0 Å². The van der Waals surface area contributed by atoms with Crippen molar-refractivity contribution in [2.75, 3.05) is 13.7 Å². The standard InChI is InChI=1S/C17H31NO/c1-17(2,3)14-10-8-13(9-11-14)16(18-4)15-7-5-6-12-19-15/h7,13-14,16,18H,5-6,8-12H2,1-4H3. The smallest absolute Gasteiger partial charge is 0.109 e. The SMILES string of the molecule is CNC(C1=CCCCO1)C1CCC(C(C)(C)C)CC1. The topological polar surface area (TPSA) is 21.3 Å². The first-order valence-corrected chi connectivity index (χ1v) is 8.02. The van der Waals surface area contributed by atoms with Gasteiger partial charge in [-0.2, -0.15) is 0 Å². The second kappa shape index (κ2) is 6.30. The Kier molecular flexibility index (Phi) is 4.94. The third-order valence-corrected chi connectivity index (χ3v) is 5.05. The van der Waals surface area contributed by atoms with Gasteiger partial charge in [0.05, 0.1) is 12.6 Å². The first-order valence-electron chi connectivity index (χ1n) is 8.02. The van der Waals surface area contributed by atoms with Crippen LogP contribution in [0.4, 0.5) is 0 Å². The number of nitrogens with one attached hydrogen (secondary N) is 1. The van der Waals surface area contributed by atoms with Crippen molar-refractivity contribution in [3.8, 4) is 0 Å².